The predicted octanol–water partition coefficient (Wildman–Crippen LogP) is 3.42. The van der Waals surface area contributed by atoms with Gasteiger partial charge in [0.1, 0.15) is 0 Å². The highest BCUT2D eigenvalue weighted by molar-refractivity contribution is 5.95. The summed E-state index contributed by atoms with van der Waals surface area (Å²) in [7, 11) is 0. The van der Waals surface area contributed by atoms with E-state index in [1.165, 1.54) is 4.68 Å². The summed E-state index contributed by atoms with van der Waals surface area (Å²) >= 11 is 0. The Morgan fingerprint density at radius 3 is 2.46 bits per heavy atom. The lowest BCUT2D eigenvalue weighted by atomic mass is 10.2. The molecule has 0 saturated carbocycles. The second-order valence-electron chi connectivity index (χ2n) is 5.88. The van der Waals surface area contributed by atoms with Crippen LogP contribution in [0.25, 0.3) is 10.9 Å². The fraction of sp³-hybridized carbons (Fsp3) is 0.111. The van der Waals surface area contributed by atoms with Gasteiger partial charge in [-0.05, 0) is 18.6 Å². The van der Waals surface area contributed by atoms with Crippen LogP contribution in [0.4, 0.5) is 11.6 Å². The van der Waals surface area contributed by atoms with Gasteiger partial charge in [0, 0.05) is 5.39 Å². The summed E-state index contributed by atoms with van der Waals surface area (Å²) in [4.78, 5) is 0. The van der Waals surface area contributed by atoms with Crippen LogP contribution in [0.15, 0.2) is 64.8 Å². The molecule has 0 aliphatic heterocycles. The fourth-order valence-corrected chi connectivity index (χ4v) is 2.82. The normalized spacial score (nSPS) is 11.6. The minimum atomic E-state index is 0.0404. The first-order valence-corrected chi connectivity index (χ1v) is 8.08. The number of benzene rings is 2. The van der Waals surface area contributed by atoms with Crippen LogP contribution in [0.2, 0.25) is 0 Å². The van der Waals surface area contributed by atoms with Gasteiger partial charge in [-0.15, -0.1) is 20.4 Å². The molecule has 0 radical (unpaired) electrons. The number of rotatable bonds is 4. The zero-order valence-electron chi connectivity index (χ0n) is 14.1. The Balaban J connectivity index is 1.80. The summed E-state index contributed by atoms with van der Waals surface area (Å²) in [6.45, 7) is 2.24. The van der Waals surface area contributed by atoms with Crippen molar-refractivity contribution in [2.45, 2.75) is 13.5 Å². The van der Waals surface area contributed by atoms with Gasteiger partial charge < -0.3 is 15.5 Å². The molecule has 3 N–H and O–H groups in total. The van der Waals surface area contributed by atoms with E-state index in [2.05, 4.69) is 20.4 Å². The molecule has 4 aromatic rings. The molecule has 2 heterocycles. The number of aromatic nitrogens is 4. The van der Waals surface area contributed by atoms with Gasteiger partial charge in [0.05, 0.1) is 12.1 Å². The van der Waals surface area contributed by atoms with Crippen molar-refractivity contribution in [1.82, 2.24) is 19.4 Å². The number of aryl methyl sites for hydroxylation is 1. The highest BCUT2D eigenvalue weighted by Gasteiger charge is 2.17. The van der Waals surface area contributed by atoms with Gasteiger partial charge in [0.15, 0.2) is 11.5 Å². The number of hydrogen-bond donors (Lipinski definition) is 2. The Morgan fingerprint density at radius 1 is 1.00 bits per heavy atom. The standard InChI is InChI=1S/C18H17N7O/c1-12-20-22-18(25(12)19)23-21-16-14-9-5-6-10-15(14)24(17(16)26)11-13-7-3-2-4-8-13/h2-10,26H,11,19H2,1H3. The maximum Gasteiger partial charge on any atom is 0.288 e. The largest absolute Gasteiger partial charge is 0.493 e. The van der Waals surface area contributed by atoms with Gasteiger partial charge in [-0.3, -0.25) is 0 Å². The quantitative estimate of drug-likeness (QED) is 0.435. The molecule has 2 aromatic heterocycles. The van der Waals surface area contributed by atoms with E-state index in [1.807, 2.05) is 54.6 Å². The Kier molecular flexibility index (Phi) is 3.85. The van der Waals surface area contributed by atoms with Crippen molar-refractivity contribution in [2.24, 2.45) is 10.2 Å². The van der Waals surface area contributed by atoms with Crippen LogP contribution in [0.5, 0.6) is 5.88 Å². The van der Waals surface area contributed by atoms with Gasteiger partial charge in [-0.2, -0.15) is 0 Å². The Labute approximate surface area is 149 Å². The van der Waals surface area contributed by atoms with Crippen LogP contribution in [0.3, 0.4) is 0 Å². The molecule has 0 saturated heterocycles. The molecule has 0 unspecified atom stereocenters. The van der Waals surface area contributed by atoms with E-state index in [-0.39, 0.29) is 11.8 Å². The maximum atomic E-state index is 10.8. The Hall–Kier alpha value is -3.68. The number of nitrogens with two attached hydrogens (primary N) is 1. The van der Waals surface area contributed by atoms with Crippen LogP contribution >= 0.6 is 0 Å². The van der Waals surface area contributed by atoms with Crippen molar-refractivity contribution in [3.8, 4) is 5.88 Å². The Bertz CT molecular complexity index is 1100. The minimum Gasteiger partial charge on any atom is -0.493 e. The van der Waals surface area contributed by atoms with Gasteiger partial charge in [0.2, 0.25) is 5.88 Å². The summed E-state index contributed by atoms with van der Waals surface area (Å²) < 4.78 is 3.04. The number of azo groups is 1. The molecule has 0 aliphatic carbocycles. The van der Waals surface area contributed by atoms with E-state index < -0.39 is 0 Å². The fourth-order valence-electron chi connectivity index (χ4n) is 2.82. The van der Waals surface area contributed by atoms with Crippen molar-refractivity contribution in [3.05, 3.63) is 66.0 Å². The molecule has 4 rings (SSSR count). The molecule has 8 heteroatoms. The molecule has 2 aromatic carbocycles. The highest BCUT2D eigenvalue weighted by atomic mass is 16.3. The minimum absolute atomic E-state index is 0.0404. The van der Waals surface area contributed by atoms with E-state index in [1.54, 1.807) is 11.5 Å². The van der Waals surface area contributed by atoms with Gasteiger partial charge >= 0.3 is 0 Å². The second-order valence-corrected chi connectivity index (χ2v) is 5.88. The Morgan fingerprint density at radius 2 is 1.73 bits per heavy atom. The second kappa shape index (κ2) is 6.32. The van der Waals surface area contributed by atoms with E-state index in [0.717, 1.165) is 16.5 Å². The third-order valence-electron chi connectivity index (χ3n) is 4.19. The topological polar surface area (TPSA) is 107 Å². The predicted molar refractivity (Wildman–Crippen MR) is 98.2 cm³/mol. The van der Waals surface area contributed by atoms with Gasteiger partial charge in [-0.1, -0.05) is 48.5 Å². The average molecular weight is 347 g/mol. The van der Waals surface area contributed by atoms with Crippen molar-refractivity contribution >= 4 is 22.5 Å². The van der Waals surface area contributed by atoms with Crippen LogP contribution in [-0.4, -0.2) is 24.5 Å². The van der Waals surface area contributed by atoms with Crippen molar-refractivity contribution in [3.63, 3.8) is 0 Å². The summed E-state index contributed by atoms with van der Waals surface area (Å²) in [6.07, 6.45) is 0. The zero-order valence-corrected chi connectivity index (χ0v) is 14.1. The molecule has 130 valence electrons. The zero-order chi connectivity index (χ0) is 18.1. The lowest BCUT2D eigenvalue weighted by molar-refractivity contribution is 0.429. The smallest absolute Gasteiger partial charge is 0.288 e. The van der Waals surface area contributed by atoms with E-state index in [9.17, 15) is 5.11 Å². The molecular formula is C18H17N7O. The van der Waals surface area contributed by atoms with Gasteiger partial charge in [0.25, 0.3) is 5.95 Å². The monoisotopic (exact) mass is 347 g/mol. The number of aromatic hydroxyl groups is 1. The highest BCUT2D eigenvalue weighted by Crippen LogP contribution is 2.39. The lowest BCUT2D eigenvalue weighted by Gasteiger charge is -2.06. The summed E-state index contributed by atoms with van der Waals surface area (Å²) in [5.41, 5.74) is 2.31. The summed E-state index contributed by atoms with van der Waals surface area (Å²) in [6, 6.07) is 17.6. The molecule has 0 amide bonds. The van der Waals surface area contributed by atoms with Crippen LogP contribution in [0, 0.1) is 6.92 Å². The third kappa shape index (κ3) is 2.67. The number of nitrogen functional groups attached to an aromatic ring is 1. The summed E-state index contributed by atoms with van der Waals surface area (Å²) in [5, 5.41) is 27.5. The number of para-hydroxylation sites is 1. The number of nitrogens with zero attached hydrogens (tertiary/aromatic N) is 6. The van der Waals surface area contributed by atoms with Gasteiger partial charge in [-0.25, -0.2) is 4.68 Å². The number of hydrogen-bond acceptors (Lipinski definition) is 6. The molecule has 0 spiro atoms. The molecule has 0 bridgehead atoms. The molecule has 0 atom stereocenters. The van der Waals surface area contributed by atoms with E-state index in [4.69, 9.17) is 5.84 Å². The molecule has 0 fully saturated rings. The van der Waals surface area contributed by atoms with Crippen LogP contribution in [0.1, 0.15) is 11.4 Å². The summed E-state index contributed by atoms with van der Waals surface area (Å²) in [5.74, 6) is 6.53. The van der Waals surface area contributed by atoms with E-state index in [0.29, 0.717) is 18.1 Å². The van der Waals surface area contributed by atoms with Crippen LogP contribution < -0.4 is 5.84 Å². The molecule has 0 aliphatic rings. The SMILES string of the molecule is Cc1nnc(N=Nc2c(O)n(Cc3ccccc3)c3ccccc23)n1N. The average Bonchev–Trinajstić information content (AvgIpc) is 3.12. The van der Waals surface area contributed by atoms with Crippen molar-refractivity contribution in [2.75, 3.05) is 5.84 Å². The lowest BCUT2D eigenvalue weighted by Crippen LogP contribution is -2.09. The van der Waals surface area contributed by atoms with E-state index >= 15 is 0 Å². The first kappa shape index (κ1) is 15.8. The molecular weight excluding hydrogens is 330 g/mol. The molecule has 26 heavy (non-hydrogen) atoms. The van der Waals surface area contributed by atoms with Crippen LogP contribution in [-0.2, 0) is 6.54 Å². The number of fused-ring (bicyclic) bond motifs is 1. The maximum absolute atomic E-state index is 10.8. The third-order valence-corrected chi connectivity index (χ3v) is 4.19. The first-order valence-electron chi connectivity index (χ1n) is 8.08. The molecule has 8 nitrogen and oxygen atoms in total. The van der Waals surface area contributed by atoms with Crippen molar-refractivity contribution in [1.29, 1.82) is 0 Å². The first-order chi connectivity index (χ1) is 12.6. The van der Waals surface area contributed by atoms with Crippen molar-refractivity contribution < 1.29 is 5.11 Å².